The number of hydrogen-bond acceptors (Lipinski definition) is 6. The quantitative estimate of drug-likeness (QED) is 0.645. The number of thiophene rings is 1. The first-order valence-electron chi connectivity index (χ1n) is 8.62. The van der Waals surface area contributed by atoms with E-state index in [9.17, 15) is 14.0 Å². The summed E-state index contributed by atoms with van der Waals surface area (Å²) >= 11 is 1.21. The number of aromatic nitrogens is 3. The van der Waals surface area contributed by atoms with Crippen LogP contribution < -0.4 is 10.9 Å². The highest BCUT2D eigenvalue weighted by Crippen LogP contribution is 2.31. The molecule has 0 radical (unpaired) electrons. The third kappa shape index (κ3) is 4.36. The number of hydrogen-bond donors (Lipinski definition) is 2. The van der Waals surface area contributed by atoms with Crippen LogP contribution in [0, 0.1) is 5.95 Å². The monoisotopic (exact) mass is 404 g/mol. The molecular formula is C19H21FN4O3S. The van der Waals surface area contributed by atoms with Crippen molar-refractivity contribution >= 4 is 27.6 Å². The molecule has 7 nitrogen and oxygen atoms in total. The summed E-state index contributed by atoms with van der Waals surface area (Å²) in [4.78, 5) is 36.1. The maximum absolute atomic E-state index is 13.4. The van der Waals surface area contributed by atoms with Crippen molar-refractivity contribution in [3.8, 4) is 10.4 Å². The van der Waals surface area contributed by atoms with Gasteiger partial charge in [0, 0.05) is 17.1 Å². The summed E-state index contributed by atoms with van der Waals surface area (Å²) in [6.45, 7) is 8.72. The highest BCUT2D eigenvalue weighted by molar-refractivity contribution is 7.22. The predicted octanol–water partition coefficient (Wildman–Crippen LogP) is 3.95. The molecule has 0 aliphatic heterocycles. The fourth-order valence-electron chi connectivity index (χ4n) is 2.55. The van der Waals surface area contributed by atoms with Gasteiger partial charge in [0.15, 0.2) is 0 Å². The first kappa shape index (κ1) is 19.9. The van der Waals surface area contributed by atoms with Gasteiger partial charge < -0.3 is 15.0 Å². The number of ether oxygens (including phenoxy) is 1. The maximum atomic E-state index is 13.4. The Morgan fingerprint density at radius 1 is 1.25 bits per heavy atom. The van der Waals surface area contributed by atoms with E-state index >= 15 is 0 Å². The van der Waals surface area contributed by atoms with Gasteiger partial charge in [-0.05, 0) is 52.3 Å². The normalized spacial score (nSPS) is 12.2. The van der Waals surface area contributed by atoms with Gasteiger partial charge in [0.25, 0.3) is 5.56 Å². The number of alkyl carbamates (subject to hydrolysis) is 1. The summed E-state index contributed by atoms with van der Waals surface area (Å²) in [5, 5.41) is 2.72. The summed E-state index contributed by atoms with van der Waals surface area (Å²) in [6.07, 6.45) is 0.755. The van der Waals surface area contributed by atoms with Crippen LogP contribution in [0.4, 0.5) is 9.18 Å². The Balaban J connectivity index is 1.97. The molecule has 0 saturated heterocycles. The molecule has 0 spiro atoms. The van der Waals surface area contributed by atoms with E-state index in [4.69, 9.17) is 4.74 Å². The van der Waals surface area contributed by atoms with E-state index in [1.54, 1.807) is 46.8 Å². The van der Waals surface area contributed by atoms with Crippen LogP contribution in [-0.2, 0) is 10.3 Å². The topological polar surface area (TPSA) is 97.0 Å². The predicted molar refractivity (Wildman–Crippen MR) is 106 cm³/mol. The lowest BCUT2D eigenvalue weighted by Crippen LogP contribution is -2.45. The van der Waals surface area contributed by atoms with E-state index in [1.807, 2.05) is 0 Å². The standard InChI is InChI=1S/C19H21FN4O3S/c1-18(2,3)27-17(26)24-19(4,5)16-22-11-9-12(28-14(11)15(25)23-16)10-6-7-21-13(20)8-10/h6-9H,1-5H3,(H,24,26)(H,22,23,25). The summed E-state index contributed by atoms with van der Waals surface area (Å²) in [6, 6.07) is 4.68. The maximum Gasteiger partial charge on any atom is 0.408 e. The van der Waals surface area contributed by atoms with Crippen LogP contribution in [0.25, 0.3) is 20.7 Å². The minimum Gasteiger partial charge on any atom is -0.444 e. The number of pyridine rings is 1. The van der Waals surface area contributed by atoms with Gasteiger partial charge in [-0.1, -0.05) is 0 Å². The fraction of sp³-hybridized carbons (Fsp3) is 0.368. The molecule has 0 unspecified atom stereocenters. The molecule has 0 aliphatic rings. The molecule has 148 valence electrons. The molecule has 3 aromatic rings. The average molecular weight is 404 g/mol. The third-order valence-electron chi connectivity index (χ3n) is 3.80. The number of nitrogens with one attached hydrogen (secondary N) is 2. The highest BCUT2D eigenvalue weighted by Gasteiger charge is 2.29. The third-order valence-corrected chi connectivity index (χ3v) is 4.97. The van der Waals surface area contributed by atoms with Gasteiger partial charge in [0.1, 0.15) is 16.1 Å². The number of amides is 1. The molecule has 0 aliphatic carbocycles. The molecule has 0 bridgehead atoms. The van der Waals surface area contributed by atoms with Crippen LogP contribution in [-0.4, -0.2) is 26.6 Å². The van der Waals surface area contributed by atoms with E-state index in [-0.39, 0.29) is 5.56 Å². The summed E-state index contributed by atoms with van der Waals surface area (Å²) in [5.74, 6) is -0.304. The Bertz CT molecular complexity index is 1100. The van der Waals surface area contributed by atoms with Crippen LogP contribution in [0.5, 0.6) is 0 Å². The van der Waals surface area contributed by atoms with E-state index in [0.717, 1.165) is 0 Å². The minimum atomic E-state index is -0.972. The first-order chi connectivity index (χ1) is 12.9. The van der Waals surface area contributed by atoms with Gasteiger partial charge in [0.05, 0.1) is 11.1 Å². The number of fused-ring (bicyclic) bond motifs is 1. The number of halogens is 1. The van der Waals surface area contributed by atoms with Crippen molar-refractivity contribution < 1.29 is 13.9 Å². The molecule has 3 rings (SSSR count). The first-order valence-corrected chi connectivity index (χ1v) is 9.44. The zero-order valence-corrected chi connectivity index (χ0v) is 17.0. The highest BCUT2D eigenvalue weighted by atomic mass is 32.1. The van der Waals surface area contributed by atoms with Crippen molar-refractivity contribution in [3.63, 3.8) is 0 Å². The van der Waals surface area contributed by atoms with Crippen LogP contribution in [0.2, 0.25) is 0 Å². The molecule has 1 amide bonds. The summed E-state index contributed by atoms with van der Waals surface area (Å²) in [5.41, 5.74) is -0.865. The Kier molecular flexibility index (Phi) is 4.97. The van der Waals surface area contributed by atoms with E-state index < -0.39 is 23.2 Å². The van der Waals surface area contributed by atoms with Crippen molar-refractivity contribution in [3.05, 3.63) is 46.5 Å². The molecule has 2 N–H and O–H groups in total. The van der Waals surface area contributed by atoms with Crippen molar-refractivity contribution in [2.75, 3.05) is 0 Å². The van der Waals surface area contributed by atoms with Gasteiger partial charge in [-0.2, -0.15) is 4.39 Å². The Hall–Kier alpha value is -2.81. The number of aromatic amines is 1. The molecule has 0 aromatic carbocycles. The van der Waals surface area contributed by atoms with Gasteiger partial charge in [0.2, 0.25) is 5.95 Å². The average Bonchev–Trinajstić information content (AvgIpc) is 2.97. The number of H-pyrrole nitrogens is 1. The molecule has 9 heteroatoms. The number of carbonyl (C=O) groups excluding carboxylic acids is 1. The van der Waals surface area contributed by atoms with Gasteiger partial charge in [-0.15, -0.1) is 11.3 Å². The molecule has 28 heavy (non-hydrogen) atoms. The molecule has 0 atom stereocenters. The largest absolute Gasteiger partial charge is 0.444 e. The van der Waals surface area contributed by atoms with Crippen LogP contribution in [0.1, 0.15) is 40.4 Å². The smallest absolute Gasteiger partial charge is 0.408 e. The minimum absolute atomic E-state index is 0.293. The number of carbonyl (C=O) groups is 1. The molecule has 0 saturated carbocycles. The van der Waals surface area contributed by atoms with Gasteiger partial charge in [-0.25, -0.2) is 14.8 Å². The second-order valence-corrected chi connectivity index (χ2v) is 8.91. The number of nitrogens with zero attached hydrogens (tertiary/aromatic N) is 2. The van der Waals surface area contributed by atoms with E-state index in [1.165, 1.54) is 23.6 Å². The van der Waals surface area contributed by atoms with Crippen LogP contribution >= 0.6 is 11.3 Å². The zero-order chi connectivity index (χ0) is 20.7. The van der Waals surface area contributed by atoms with Gasteiger partial charge in [-0.3, -0.25) is 4.79 Å². The van der Waals surface area contributed by atoms with Gasteiger partial charge >= 0.3 is 6.09 Å². The summed E-state index contributed by atoms with van der Waals surface area (Å²) in [7, 11) is 0. The Labute approximate surface area is 165 Å². The lowest BCUT2D eigenvalue weighted by atomic mass is 10.0. The van der Waals surface area contributed by atoms with Crippen LogP contribution in [0.15, 0.2) is 29.2 Å². The molecule has 3 aromatic heterocycles. The lowest BCUT2D eigenvalue weighted by molar-refractivity contribution is 0.0466. The van der Waals surface area contributed by atoms with Crippen molar-refractivity contribution in [2.45, 2.75) is 45.8 Å². The Morgan fingerprint density at radius 3 is 2.61 bits per heavy atom. The van der Waals surface area contributed by atoms with Crippen molar-refractivity contribution in [1.29, 1.82) is 0 Å². The summed E-state index contributed by atoms with van der Waals surface area (Å²) < 4.78 is 19.1. The second-order valence-electron chi connectivity index (χ2n) is 7.86. The molecule has 3 heterocycles. The lowest BCUT2D eigenvalue weighted by Gasteiger charge is -2.27. The van der Waals surface area contributed by atoms with Crippen LogP contribution in [0.3, 0.4) is 0 Å². The fourth-order valence-corrected chi connectivity index (χ4v) is 3.54. The Morgan fingerprint density at radius 2 is 1.96 bits per heavy atom. The van der Waals surface area contributed by atoms with Crippen molar-refractivity contribution in [2.24, 2.45) is 0 Å². The molecule has 0 fully saturated rings. The van der Waals surface area contributed by atoms with Crippen molar-refractivity contribution in [1.82, 2.24) is 20.3 Å². The van der Waals surface area contributed by atoms with E-state index in [0.29, 0.717) is 26.5 Å². The van der Waals surface area contributed by atoms with E-state index in [2.05, 4.69) is 20.3 Å². The zero-order valence-electron chi connectivity index (χ0n) is 16.2. The number of rotatable bonds is 3. The second kappa shape index (κ2) is 6.97. The SMILES string of the molecule is CC(C)(C)OC(=O)NC(C)(C)c1nc2cc(-c3ccnc(F)c3)sc2c(=O)[nH]1. The molecular weight excluding hydrogens is 383 g/mol.